The van der Waals surface area contributed by atoms with E-state index in [9.17, 15) is 4.79 Å². The molecule has 0 bridgehead atoms. The Morgan fingerprint density at radius 3 is 2.71 bits per heavy atom. The van der Waals surface area contributed by atoms with Gasteiger partial charge in [0.1, 0.15) is 5.01 Å². The molecule has 0 fully saturated rings. The first-order valence-corrected chi connectivity index (χ1v) is 4.75. The number of anilines is 1. The summed E-state index contributed by atoms with van der Waals surface area (Å²) in [6.45, 7) is 3.61. The van der Waals surface area contributed by atoms with Crippen LogP contribution >= 0.6 is 23.7 Å². The van der Waals surface area contributed by atoms with Gasteiger partial charge in [-0.25, -0.2) is 0 Å². The van der Waals surface area contributed by atoms with Gasteiger partial charge in [0.2, 0.25) is 11.0 Å². The van der Waals surface area contributed by atoms with Gasteiger partial charge in [-0.1, -0.05) is 11.3 Å². The fourth-order valence-corrected chi connectivity index (χ4v) is 1.42. The van der Waals surface area contributed by atoms with Gasteiger partial charge >= 0.3 is 0 Å². The van der Waals surface area contributed by atoms with E-state index in [4.69, 9.17) is 5.73 Å². The Labute approximate surface area is 92.5 Å². The number of halogens is 1. The van der Waals surface area contributed by atoms with Crippen LogP contribution in [0.15, 0.2) is 0 Å². The van der Waals surface area contributed by atoms with Gasteiger partial charge in [-0.2, -0.15) is 0 Å². The third kappa shape index (κ3) is 4.50. The number of rotatable bonds is 3. The highest BCUT2D eigenvalue weighted by Crippen LogP contribution is 2.13. The summed E-state index contributed by atoms with van der Waals surface area (Å²) < 4.78 is 0. The second-order valence-corrected chi connectivity index (χ2v) is 4.04. The average Bonchev–Trinajstić information content (AvgIpc) is 2.33. The minimum atomic E-state index is -0.131. The molecular formula is C7H13ClN4OS. The summed E-state index contributed by atoms with van der Waals surface area (Å²) in [4.78, 5) is 11.2. The molecule has 1 aromatic heterocycles. The lowest BCUT2D eigenvalue weighted by molar-refractivity contribution is -0.116. The summed E-state index contributed by atoms with van der Waals surface area (Å²) >= 11 is 1.35. The molecule has 0 saturated heterocycles. The molecule has 0 radical (unpaired) electrons. The number of hydrogen-bond acceptors (Lipinski definition) is 5. The van der Waals surface area contributed by atoms with Crippen molar-refractivity contribution < 1.29 is 4.79 Å². The zero-order chi connectivity index (χ0) is 9.84. The second-order valence-electron chi connectivity index (χ2n) is 2.86. The minimum Gasteiger partial charge on any atom is -0.327 e. The summed E-state index contributed by atoms with van der Waals surface area (Å²) in [5.41, 5.74) is 5.46. The van der Waals surface area contributed by atoms with Crippen LogP contribution < -0.4 is 11.1 Å². The van der Waals surface area contributed by atoms with E-state index in [0.717, 1.165) is 5.01 Å². The molecule has 1 heterocycles. The maximum absolute atomic E-state index is 11.2. The number of carbonyl (C=O) groups excluding carboxylic acids is 1. The predicted octanol–water partition coefficient (Wildman–Crippen LogP) is 0.944. The standard InChI is InChI=1S/C7H12N4OS.ClH/c1-4(8)3-6(12)9-7-11-10-5(2)13-7;/h4H,3,8H2,1-2H3,(H,9,11,12);1H. The topological polar surface area (TPSA) is 80.9 Å². The summed E-state index contributed by atoms with van der Waals surface area (Å²) in [5.74, 6) is -0.119. The molecule has 0 aliphatic heterocycles. The highest BCUT2D eigenvalue weighted by atomic mass is 35.5. The van der Waals surface area contributed by atoms with Crippen molar-refractivity contribution in [1.82, 2.24) is 10.2 Å². The third-order valence-corrected chi connectivity index (χ3v) is 2.03. The Morgan fingerprint density at radius 2 is 2.29 bits per heavy atom. The number of nitrogens with zero attached hydrogens (tertiary/aromatic N) is 2. The molecule has 1 atom stereocenters. The van der Waals surface area contributed by atoms with E-state index in [-0.39, 0.29) is 24.4 Å². The van der Waals surface area contributed by atoms with E-state index in [1.165, 1.54) is 11.3 Å². The van der Waals surface area contributed by atoms with Crippen LogP contribution in [0.5, 0.6) is 0 Å². The highest BCUT2D eigenvalue weighted by molar-refractivity contribution is 7.15. The zero-order valence-corrected chi connectivity index (χ0v) is 9.61. The van der Waals surface area contributed by atoms with E-state index in [1.807, 2.05) is 6.92 Å². The molecule has 1 amide bonds. The Kier molecular flexibility index (Phi) is 5.59. The van der Waals surface area contributed by atoms with Gasteiger partial charge < -0.3 is 11.1 Å². The van der Waals surface area contributed by atoms with Crippen molar-refractivity contribution in [2.75, 3.05) is 5.32 Å². The fourth-order valence-electron chi connectivity index (χ4n) is 0.810. The molecule has 0 aliphatic rings. The summed E-state index contributed by atoms with van der Waals surface area (Å²) in [6.07, 6.45) is 0.304. The van der Waals surface area contributed by atoms with Gasteiger partial charge in [-0.15, -0.1) is 22.6 Å². The van der Waals surface area contributed by atoms with Crippen LogP contribution in [0.2, 0.25) is 0 Å². The van der Waals surface area contributed by atoms with Crippen LogP contribution in [0, 0.1) is 6.92 Å². The summed E-state index contributed by atoms with van der Waals surface area (Å²) in [7, 11) is 0. The SMILES string of the molecule is Cc1nnc(NC(=O)CC(C)N)s1.Cl. The molecule has 0 aliphatic carbocycles. The van der Waals surface area contributed by atoms with Gasteiger partial charge in [0.05, 0.1) is 0 Å². The van der Waals surface area contributed by atoms with Crippen molar-refractivity contribution in [1.29, 1.82) is 0 Å². The van der Waals surface area contributed by atoms with Crippen molar-refractivity contribution in [2.24, 2.45) is 5.73 Å². The van der Waals surface area contributed by atoms with Crippen LogP contribution in [0.1, 0.15) is 18.4 Å². The lowest BCUT2D eigenvalue weighted by atomic mass is 10.2. The Hall–Kier alpha value is -0.720. The third-order valence-electron chi connectivity index (χ3n) is 1.28. The van der Waals surface area contributed by atoms with Gasteiger partial charge in [-0.05, 0) is 13.8 Å². The average molecular weight is 237 g/mol. The second kappa shape index (κ2) is 5.90. The monoisotopic (exact) mass is 236 g/mol. The number of hydrogen-bond donors (Lipinski definition) is 2. The van der Waals surface area contributed by atoms with Crippen LogP contribution in [-0.4, -0.2) is 22.1 Å². The number of nitrogens with one attached hydrogen (secondary N) is 1. The molecule has 80 valence electrons. The van der Waals surface area contributed by atoms with Crippen LogP contribution in [0.3, 0.4) is 0 Å². The summed E-state index contributed by atoms with van der Waals surface area (Å²) in [6, 6.07) is -0.131. The maximum Gasteiger partial charge on any atom is 0.227 e. The van der Waals surface area contributed by atoms with Crippen molar-refractivity contribution in [3.8, 4) is 0 Å². The molecule has 7 heteroatoms. The molecular weight excluding hydrogens is 224 g/mol. The van der Waals surface area contributed by atoms with E-state index in [0.29, 0.717) is 11.6 Å². The van der Waals surface area contributed by atoms with Gasteiger partial charge in [0.15, 0.2) is 0 Å². The lowest BCUT2D eigenvalue weighted by Gasteiger charge is -2.02. The molecule has 1 rings (SSSR count). The number of aromatic nitrogens is 2. The number of amides is 1. The maximum atomic E-state index is 11.2. The minimum absolute atomic E-state index is 0. The largest absolute Gasteiger partial charge is 0.327 e. The lowest BCUT2D eigenvalue weighted by Crippen LogP contribution is -2.23. The Morgan fingerprint density at radius 1 is 1.64 bits per heavy atom. The van der Waals surface area contributed by atoms with Crippen molar-refractivity contribution in [3.63, 3.8) is 0 Å². The molecule has 0 saturated carbocycles. The van der Waals surface area contributed by atoms with Gasteiger partial charge in [0.25, 0.3) is 0 Å². The molecule has 3 N–H and O–H groups in total. The smallest absolute Gasteiger partial charge is 0.227 e. The first-order valence-electron chi connectivity index (χ1n) is 3.93. The summed E-state index contributed by atoms with van der Waals surface area (Å²) in [5, 5.41) is 11.5. The van der Waals surface area contributed by atoms with E-state index in [1.54, 1.807) is 6.92 Å². The molecule has 1 aromatic rings. The van der Waals surface area contributed by atoms with Crippen LogP contribution in [0.4, 0.5) is 5.13 Å². The number of carbonyl (C=O) groups is 1. The Bertz CT molecular complexity index is 302. The number of nitrogens with two attached hydrogens (primary N) is 1. The van der Waals surface area contributed by atoms with E-state index < -0.39 is 0 Å². The molecule has 0 spiro atoms. The predicted molar refractivity (Wildman–Crippen MR) is 58.8 cm³/mol. The Balaban J connectivity index is 0.00000169. The van der Waals surface area contributed by atoms with Crippen molar-refractivity contribution in [3.05, 3.63) is 5.01 Å². The molecule has 1 unspecified atom stereocenters. The highest BCUT2D eigenvalue weighted by Gasteiger charge is 2.07. The molecule has 5 nitrogen and oxygen atoms in total. The van der Waals surface area contributed by atoms with Gasteiger partial charge in [0, 0.05) is 12.5 Å². The van der Waals surface area contributed by atoms with E-state index >= 15 is 0 Å². The van der Waals surface area contributed by atoms with Crippen LogP contribution in [-0.2, 0) is 4.79 Å². The zero-order valence-electron chi connectivity index (χ0n) is 7.98. The van der Waals surface area contributed by atoms with Crippen molar-refractivity contribution >= 4 is 34.8 Å². The molecule has 14 heavy (non-hydrogen) atoms. The van der Waals surface area contributed by atoms with Crippen LogP contribution in [0.25, 0.3) is 0 Å². The quantitative estimate of drug-likeness (QED) is 0.819. The number of aryl methyl sites for hydroxylation is 1. The normalized spacial score (nSPS) is 11.6. The van der Waals surface area contributed by atoms with E-state index in [2.05, 4.69) is 15.5 Å². The first kappa shape index (κ1) is 13.3. The fraction of sp³-hybridized carbons (Fsp3) is 0.571. The first-order chi connectivity index (χ1) is 6.08. The molecule has 0 aromatic carbocycles. The van der Waals surface area contributed by atoms with Gasteiger partial charge in [-0.3, -0.25) is 4.79 Å². The van der Waals surface area contributed by atoms with Crippen molar-refractivity contribution in [2.45, 2.75) is 26.3 Å².